The minimum Gasteiger partial charge on any atom is -0.378 e. The summed E-state index contributed by atoms with van der Waals surface area (Å²) in [6, 6.07) is 0. The van der Waals surface area contributed by atoms with Crippen molar-refractivity contribution in [3.05, 3.63) is 17.2 Å². The molecule has 5 heteroatoms. The van der Waals surface area contributed by atoms with Gasteiger partial charge in [0.15, 0.2) is 5.13 Å². The van der Waals surface area contributed by atoms with Gasteiger partial charge in [-0.2, -0.15) is 12.6 Å². The lowest BCUT2D eigenvalue weighted by atomic mass is 10.4. The summed E-state index contributed by atoms with van der Waals surface area (Å²) in [7, 11) is 0. The first-order chi connectivity index (χ1) is 7.40. The molecule has 1 saturated heterocycles. The third-order valence-corrected chi connectivity index (χ3v) is 3.32. The van der Waals surface area contributed by atoms with Crippen molar-refractivity contribution in [2.24, 2.45) is 0 Å². The van der Waals surface area contributed by atoms with Crippen molar-refractivity contribution in [2.75, 3.05) is 37.0 Å². The van der Waals surface area contributed by atoms with E-state index in [4.69, 9.17) is 4.74 Å². The molecule has 0 amide bonds. The average Bonchev–Trinajstić information content (AvgIpc) is 2.76. The van der Waals surface area contributed by atoms with Crippen LogP contribution in [0.2, 0.25) is 0 Å². The Morgan fingerprint density at radius 1 is 1.53 bits per heavy atom. The summed E-state index contributed by atoms with van der Waals surface area (Å²) in [5.41, 5.74) is 1.02. The topological polar surface area (TPSA) is 25.4 Å². The molecule has 0 N–H and O–H groups in total. The second-order valence-corrected chi connectivity index (χ2v) is 4.44. The summed E-state index contributed by atoms with van der Waals surface area (Å²) in [5, 5.41) is 3.17. The van der Waals surface area contributed by atoms with Gasteiger partial charge in [0, 0.05) is 24.2 Å². The summed E-state index contributed by atoms with van der Waals surface area (Å²) in [6.45, 7) is 3.51. The van der Waals surface area contributed by atoms with Crippen LogP contribution in [0.15, 0.2) is 11.5 Å². The first-order valence-corrected chi connectivity index (χ1v) is 6.47. The molecule has 1 aliphatic heterocycles. The predicted molar refractivity (Wildman–Crippen MR) is 68.0 cm³/mol. The lowest BCUT2D eigenvalue weighted by Crippen LogP contribution is -2.36. The Bertz CT molecular complexity index is 332. The fourth-order valence-electron chi connectivity index (χ4n) is 1.43. The Kier molecular flexibility index (Phi) is 4.05. The minimum atomic E-state index is 0.754. The summed E-state index contributed by atoms with van der Waals surface area (Å²) in [5.74, 6) is 0.754. The summed E-state index contributed by atoms with van der Waals surface area (Å²) >= 11 is 5.81. The minimum absolute atomic E-state index is 0.754. The quantitative estimate of drug-likeness (QED) is 0.820. The Morgan fingerprint density at radius 3 is 3.07 bits per heavy atom. The molecule has 0 saturated carbocycles. The number of nitrogens with zero attached hydrogens (tertiary/aromatic N) is 2. The lowest BCUT2D eigenvalue weighted by molar-refractivity contribution is 0.122. The van der Waals surface area contributed by atoms with Crippen LogP contribution in [0.25, 0.3) is 6.08 Å². The molecule has 0 aromatic carbocycles. The number of ether oxygens (including phenoxy) is 1. The number of thiol groups is 1. The van der Waals surface area contributed by atoms with Crippen LogP contribution in [-0.4, -0.2) is 37.0 Å². The fraction of sp³-hybridized carbons (Fsp3) is 0.500. The summed E-state index contributed by atoms with van der Waals surface area (Å²) in [6.07, 6.45) is 4.01. The van der Waals surface area contributed by atoms with E-state index in [9.17, 15) is 0 Å². The van der Waals surface area contributed by atoms with Gasteiger partial charge in [-0.3, -0.25) is 0 Å². The lowest BCUT2D eigenvalue weighted by Gasteiger charge is -2.25. The van der Waals surface area contributed by atoms with Crippen molar-refractivity contribution in [3.8, 4) is 0 Å². The van der Waals surface area contributed by atoms with Crippen molar-refractivity contribution in [1.29, 1.82) is 0 Å². The number of rotatable bonds is 3. The molecule has 1 aromatic heterocycles. The van der Waals surface area contributed by atoms with E-state index in [1.54, 1.807) is 11.3 Å². The fourth-order valence-corrected chi connectivity index (χ4v) is 2.38. The highest BCUT2D eigenvalue weighted by molar-refractivity contribution is 7.80. The van der Waals surface area contributed by atoms with E-state index in [0.29, 0.717) is 0 Å². The van der Waals surface area contributed by atoms with Crippen LogP contribution >= 0.6 is 24.0 Å². The van der Waals surface area contributed by atoms with Gasteiger partial charge in [0.05, 0.1) is 18.9 Å². The maximum Gasteiger partial charge on any atom is 0.185 e. The number of thiazole rings is 1. The SMILES string of the molecule is SCC=Cc1csc(N2CCOCC2)n1. The second kappa shape index (κ2) is 5.53. The number of hydrogen-bond donors (Lipinski definition) is 1. The molecule has 1 aliphatic rings. The van der Waals surface area contributed by atoms with Gasteiger partial charge in [0.1, 0.15) is 0 Å². The molecule has 1 fully saturated rings. The van der Waals surface area contributed by atoms with Crippen molar-refractivity contribution < 1.29 is 4.74 Å². The van der Waals surface area contributed by atoms with Crippen LogP contribution in [0, 0.1) is 0 Å². The molecule has 3 nitrogen and oxygen atoms in total. The van der Waals surface area contributed by atoms with Gasteiger partial charge in [0.25, 0.3) is 0 Å². The zero-order valence-electron chi connectivity index (χ0n) is 8.43. The van der Waals surface area contributed by atoms with E-state index in [0.717, 1.165) is 42.9 Å². The Labute approximate surface area is 99.2 Å². The van der Waals surface area contributed by atoms with Gasteiger partial charge in [-0.25, -0.2) is 4.98 Å². The van der Waals surface area contributed by atoms with E-state index in [2.05, 4.69) is 27.9 Å². The molecule has 0 radical (unpaired) electrons. The maximum atomic E-state index is 5.30. The molecule has 82 valence electrons. The van der Waals surface area contributed by atoms with Crippen LogP contribution in [0.4, 0.5) is 5.13 Å². The molecule has 15 heavy (non-hydrogen) atoms. The molecule has 0 atom stereocenters. The van der Waals surface area contributed by atoms with Gasteiger partial charge in [-0.1, -0.05) is 6.08 Å². The van der Waals surface area contributed by atoms with Crippen LogP contribution in [0.3, 0.4) is 0 Å². The molecule has 0 spiro atoms. The molecular formula is C10H14N2OS2. The van der Waals surface area contributed by atoms with Crippen LogP contribution < -0.4 is 4.90 Å². The van der Waals surface area contributed by atoms with E-state index in [1.165, 1.54) is 0 Å². The number of anilines is 1. The summed E-state index contributed by atoms with van der Waals surface area (Å²) in [4.78, 5) is 6.81. The van der Waals surface area contributed by atoms with Crippen molar-refractivity contribution in [1.82, 2.24) is 4.98 Å². The van der Waals surface area contributed by atoms with Crippen molar-refractivity contribution in [3.63, 3.8) is 0 Å². The highest BCUT2D eigenvalue weighted by atomic mass is 32.1. The van der Waals surface area contributed by atoms with Gasteiger partial charge < -0.3 is 9.64 Å². The zero-order valence-corrected chi connectivity index (χ0v) is 10.1. The van der Waals surface area contributed by atoms with Crippen molar-refractivity contribution in [2.45, 2.75) is 0 Å². The summed E-state index contributed by atoms with van der Waals surface area (Å²) < 4.78 is 5.30. The predicted octanol–water partition coefficient (Wildman–Crippen LogP) is 1.92. The monoisotopic (exact) mass is 242 g/mol. The van der Waals surface area contributed by atoms with Gasteiger partial charge >= 0.3 is 0 Å². The molecule has 0 bridgehead atoms. The van der Waals surface area contributed by atoms with Gasteiger partial charge in [-0.05, 0) is 6.08 Å². The highest BCUT2D eigenvalue weighted by Gasteiger charge is 2.13. The molecule has 0 aliphatic carbocycles. The standard InChI is InChI=1S/C10H14N2OS2/c14-7-1-2-9-8-15-10(11-9)12-3-5-13-6-4-12/h1-2,8,14H,3-7H2. The average molecular weight is 242 g/mol. The van der Waals surface area contributed by atoms with E-state index < -0.39 is 0 Å². The molecule has 2 rings (SSSR count). The van der Waals surface area contributed by atoms with E-state index in [1.807, 2.05) is 12.2 Å². The van der Waals surface area contributed by atoms with Crippen LogP contribution in [0.1, 0.15) is 5.69 Å². The van der Waals surface area contributed by atoms with Crippen molar-refractivity contribution >= 4 is 35.2 Å². The highest BCUT2D eigenvalue weighted by Crippen LogP contribution is 2.21. The van der Waals surface area contributed by atoms with E-state index >= 15 is 0 Å². The first kappa shape index (κ1) is 11.0. The number of morpholine rings is 1. The van der Waals surface area contributed by atoms with Gasteiger partial charge in [-0.15, -0.1) is 11.3 Å². The molecule has 1 aromatic rings. The molecule has 0 unspecified atom stereocenters. The van der Waals surface area contributed by atoms with E-state index in [-0.39, 0.29) is 0 Å². The van der Waals surface area contributed by atoms with Crippen LogP contribution in [-0.2, 0) is 4.74 Å². The number of aromatic nitrogens is 1. The third kappa shape index (κ3) is 2.96. The Morgan fingerprint density at radius 2 is 2.33 bits per heavy atom. The molecular weight excluding hydrogens is 228 g/mol. The normalized spacial score (nSPS) is 17.5. The number of hydrogen-bond acceptors (Lipinski definition) is 5. The molecule has 2 heterocycles. The second-order valence-electron chi connectivity index (χ2n) is 3.24. The largest absolute Gasteiger partial charge is 0.378 e. The van der Waals surface area contributed by atoms with Gasteiger partial charge in [0.2, 0.25) is 0 Å². The first-order valence-electron chi connectivity index (χ1n) is 4.96. The zero-order chi connectivity index (χ0) is 10.5. The maximum absolute atomic E-state index is 5.30. The third-order valence-electron chi connectivity index (χ3n) is 2.19. The Hall–Kier alpha value is -0.520. The smallest absolute Gasteiger partial charge is 0.185 e. The van der Waals surface area contributed by atoms with Crippen LogP contribution in [0.5, 0.6) is 0 Å². The Balaban J connectivity index is 2.02.